The van der Waals surface area contributed by atoms with E-state index in [2.05, 4.69) is 9.97 Å². The Morgan fingerprint density at radius 3 is 2.05 bits per heavy atom. The van der Waals surface area contributed by atoms with Gasteiger partial charge in [0.05, 0.1) is 11.0 Å². The number of aromatic nitrogens is 2. The lowest BCUT2D eigenvalue weighted by Gasteiger charge is -2.06. The first-order valence-corrected chi connectivity index (χ1v) is 5.62. The number of hydrogen-bond acceptors (Lipinski definition) is 3. The number of nitrogen functional groups attached to an aromatic ring is 1. The van der Waals surface area contributed by atoms with Gasteiger partial charge in [-0.1, -0.05) is 12.1 Å². The molecule has 0 spiro atoms. The smallest absolute Gasteiger partial charge is 0.150 e. The standard InChI is InChI=1S/C14H9F2N3/c15-9-5-8(6-10(16)7-9)13-14(17)19-12-4-2-1-3-11(12)18-13/h1-7H,(H2,17,19). The normalized spacial score (nSPS) is 10.8. The Hall–Kier alpha value is -2.56. The maximum atomic E-state index is 13.2. The molecule has 0 saturated heterocycles. The van der Waals surface area contributed by atoms with E-state index in [4.69, 9.17) is 5.73 Å². The van der Waals surface area contributed by atoms with Crippen molar-refractivity contribution in [3.05, 3.63) is 54.1 Å². The number of rotatable bonds is 1. The molecule has 5 heteroatoms. The third kappa shape index (κ3) is 2.10. The molecule has 2 N–H and O–H groups in total. The molecule has 2 aromatic carbocycles. The second kappa shape index (κ2) is 4.28. The topological polar surface area (TPSA) is 51.8 Å². The highest BCUT2D eigenvalue weighted by Crippen LogP contribution is 2.26. The molecule has 3 aromatic rings. The summed E-state index contributed by atoms with van der Waals surface area (Å²) in [7, 11) is 0. The van der Waals surface area contributed by atoms with Crippen molar-refractivity contribution in [1.82, 2.24) is 9.97 Å². The zero-order valence-electron chi connectivity index (χ0n) is 9.77. The van der Waals surface area contributed by atoms with Crippen molar-refractivity contribution >= 4 is 16.9 Å². The SMILES string of the molecule is Nc1nc2ccccc2nc1-c1cc(F)cc(F)c1. The monoisotopic (exact) mass is 257 g/mol. The number of nitrogens with two attached hydrogens (primary N) is 1. The van der Waals surface area contributed by atoms with Crippen LogP contribution < -0.4 is 5.73 Å². The molecule has 0 bridgehead atoms. The van der Waals surface area contributed by atoms with Crippen LogP contribution in [0.2, 0.25) is 0 Å². The van der Waals surface area contributed by atoms with Crippen molar-refractivity contribution in [3.8, 4) is 11.3 Å². The van der Waals surface area contributed by atoms with Crippen LogP contribution in [-0.4, -0.2) is 9.97 Å². The molecule has 94 valence electrons. The Morgan fingerprint density at radius 2 is 1.42 bits per heavy atom. The van der Waals surface area contributed by atoms with E-state index in [-0.39, 0.29) is 17.1 Å². The fourth-order valence-corrected chi connectivity index (χ4v) is 1.92. The summed E-state index contributed by atoms with van der Waals surface area (Å²) in [4.78, 5) is 8.49. The van der Waals surface area contributed by atoms with Crippen LogP contribution in [-0.2, 0) is 0 Å². The summed E-state index contributed by atoms with van der Waals surface area (Å²) in [5.41, 5.74) is 7.61. The highest BCUT2D eigenvalue weighted by molar-refractivity contribution is 5.82. The predicted octanol–water partition coefficient (Wildman–Crippen LogP) is 3.16. The lowest BCUT2D eigenvalue weighted by Crippen LogP contribution is -1.99. The minimum absolute atomic E-state index is 0.142. The van der Waals surface area contributed by atoms with Gasteiger partial charge < -0.3 is 5.73 Å². The van der Waals surface area contributed by atoms with Crippen LogP contribution in [0.1, 0.15) is 0 Å². The summed E-state index contributed by atoms with van der Waals surface area (Å²) in [6.07, 6.45) is 0. The van der Waals surface area contributed by atoms with E-state index in [1.165, 1.54) is 12.1 Å². The number of nitrogens with zero attached hydrogens (tertiary/aromatic N) is 2. The number of anilines is 1. The molecule has 0 aliphatic carbocycles. The van der Waals surface area contributed by atoms with Gasteiger partial charge >= 0.3 is 0 Å². The average Bonchev–Trinajstić information content (AvgIpc) is 2.36. The fraction of sp³-hybridized carbons (Fsp3) is 0. The maximum absolute atomic E-state index is 13.2. The summed E-state index contributed by atoms with van der Waals surface area (Å²) in [6, 6.07) is 10.3. The van der Waals surface area contributed by atoms with Gasteiger partial charge in [0.1, 0.15) is 17.3 Å². The van der Waals surface area contributed by atoms with E-state index >= 15 is 0 Å². The lowest BCUT2D eigenvalue weighted by atomic mass is 10.1. The molecular formula is C14H9F2N3. The van der Waals surface area contributed by atoms with E-state index in [1.54, 1.807) is 12.1 Å². The molecular weight excluding hydrogens is 248 g/mol. The van der Waals surface area contributed by atoms with Crippen LogP contribution in [0, 0.1) is 11.6 Å². The Kier molecular flexibility index (Phi) is 2.59. The third-order valence-corrected chi connectivity index (χ3v) is 2.73. The lowest BCUT2D eigenvalue weighted by molar-refractivity contribution is 0.584. The predicted molar refractivity (Wildman–Crippen MR) is 69.3 cm³/mol. The van der Waals surface area contributed by atoms with Crippen LogP contribution in [0.25, 0.3) is 22.3 Å². The second-order valence-electron chi connectivity index (χ2n) is 4.10. The minimum Gasteiger partial charge on any atom is -0.382 e. The van der Waals surface area contributed by atoms with Crippen LogP contribution in [0.15, 0.2) is 42.5 Å². The molecule has 0 atom stereocenters. The third-order valence-electron chi connectivity index (χ3n) is 2.73. The number of halogens is 2. The van der Waals surface area contributed by atoms with E-state index in [0.717, 1.165) is 6.07 Å². The molecule has 3 nitrogen and oxygen atoms in total. The first-order valence-electron chi connectivity index (χ1n) is 5.62. The summed E-state index contributed by atoms with van der Waals surface area (Å²) >= 11 is 0. The number of benzene rings is 2. The molecule has 0 aliphatic rings. The maximum Gasteiger partial charge on any atom is 0.150 e. The Balaban J connectivity index is 2.26. The summed E-state index contributed by atoms with van der Waals surface area (Å²) < 4.78 is 26.5. The fourth-order valence-electron chi connectivity index (χ4n) is 1.92. The molecule has 0 saturated carbocycles. The number of fused-ring (bicyclic) bond motifs is 1. The zero-order chi connectivity index (χ0) is 13.4. The molecule has 0 radical (unpaired) electrons. The Labute approximate surface area is 107 Å². The van der Waals surface area contributed by atoms with Gasteiger partial charge in [0.2, 0.25) is 0 Å². The van der Waals surface area contributed by atoms with E-state index < -0.39 is 11.6 Å². The van der Waals surface area contributed by atoms with Gasteiger partial charge in [-0.15, -0.1) is 0 Å². The van der Waals surface area contributed by atoms with Gasteiger partial charge in [-0.05, 0) is 24.3 Å². The van der Waals surface area contributed by atoms with Gasteiger partial charge in [-0.3, -0.25) is 0 Å². The van der Waals surface area contributed by atoms with E-state index in [9.17, 15) is 8.78 Å². The van der Waals surface area contributed by atoms with E-state index in [1.807, 2.05) is 12.1 Å². The van der Waals surface area contributed by atoms with Gasteiger partial charge in [0, 0.05) is 11.6 Å². The van der Waals surface area contributed by atoms with Crippen molar-refractivity contribution in [2.24, 2.45) is 0 Å². The summed E-state index contributed by atoms with van der Waals surface area (Å²) in [6.45, 7) is 0. The van der Waals surface area contributed by atoms with Crippen LogP contribution in [0.3, 0.4) is 0 Å². The molecule has 1 heterocycles. The van der Waals surface area contributed by atoms with Gasteiger partial charge in [0.25, 0.3) is 0 Å². The molecule has 3 rings (SSSR count). The highest BCUT2D eigenvalue weighted by atomic mass is 19.1. The van der Waals surface area contributed by atoms with E-state index in [0.29, 0.717) is 11.0 Å². The molecule has 0 aliphatic heterocycles. The van der Waals surface area contributed by atoms with Crippen LogP contribution in [0.4, 0.5) is 14.6 Å². The van der Waals surface area contributed by atoms with Crippen molar-refractivity contribution in [2.45, 2.75) is 0 Å². The van der Waals surface area contributed by atoms with Crippen molar-refractivity contribution in [2.75, 3.05) is 5.73 Å². The zero-order valence-corrected chi connectivity index (χ0v) is 9.77. The van der Waals surface area contributed by atoms with Crippen molar-refractivity contribution in [1.29, 1.82) is 0 Å². The van der Waals surface area contributed by atoms with Crippen molar-refractivity contribution < 1.29 is 8.78 Å². The summed E-state index contributed by atoms with van der Waals surface area (Å²) in [5, 5.41) is 0. The molecule has 0 amide bonds. The quantitative estimate of drug-likeness (QED) is 0.728. The first kappa shape index (κ1) is 11.5. The molecule has 0 unspecified atom stereocenters. The number of hydrogen-bond donors (Lipinski definition) is 1. The largest absolute Gasteiger partial charge is 0.382 e. The number of para-hydroxylation sites is 2. The minimum atomic E-state index is -0.677. The Morgan fingerprint density at radius 1 is 0.842 bits per heavy atom. The van der Waals surface area contributed by atoms with Crippen LogP contribution in [0.5, 0.6) is 0 Å². The van der Waals surface area contributed by atoms with Gasteiger partial charge in [-0.2, -0.15) is 0 Å². The second-order valence-corrected chi connectivity index (χ2v) is 4.10. The van der Waals surface area contributed by atoms with Gasteiger partial charge in [0.15, 0.2) is 5.82 Å². The van der Waals surface area contributed by atoms with Gasteiger partial charge in [-0.25, -0.2) is 18.7 Å². The van der Waals surface area contributed by atoms with Crippen LogP contribution >= 0.6 is 0 Å². The Bertz CT molecular complexity index is 751. The molecule has 0 fully saturated rings. The summed E-state index contributed by atoms with van der Waals surface area (Å²) in [5.74, 6) is -1.21. The highest BCUT2D eigenvalue weighted by Gasteiger charge is 2.10. The first-order chi connectivity index (χ1) is 9.13. The van der Waals surface area contributed by atoms with Crippen molar-refractivity contribution in [3.63, 3.8) is 0 Å². The molecule has 19 heavy (non-hydrogen) atoms. The average molecular weight is 257 g/mol. The molecule has 1 aromatic heterocycles.